The molecule has 0 saturated carbocycles. The highest BCUT2D eigenvalue weighted by atomic mass is 19.4. The smallest absolute Gasteiger partial charge is 0.421 e. The molecule has 0 spiro atoms. The minimum absolute atomic E-state index is 0.0636. The van der Waals surface area contributed by atoms with E-state index in [1.165, 1.54) is 11.9 Å². The molecule has 0 fully saturated rings. The minimum Gasteiger partial charge on any atom is -0.460 e. The van der Waals surface area contributed by atoms with Gasteiger partial charge in [0.1, 0.15) is 5.56 Å². The van der Waals surface area contributed by atoms with Gasteiger partial charge in [0.25, 0.3) is 0 Å². The van der Waals surface area contributed by atoms with Crippen molar-refractivity contribution in [3.8, 4) is 6.01 Å². The lowest BCUT2D eigenvalue weighted by atomic mass is 10.2. The molecular weight excluding hydrogens is 319 g/mol. The Morgan fingerprint density at radius 2 is 1.83 bits per heavy atom. The fourth-order valence-electron chi connectivity index (χ4n) is 2.02. The number of benzene rings is 1. The van der Waals surface area contributed by atoms with Crippen molar-refractivity contribution < 1.29 is 17.9 Å². The number of ether oxygens (including phenoxy) is 1. The number of hydrogen-bond donors (Lipinski definition) is 0. The van der Waals surface area contributed by atoms with Gasteiger partial charge in [-0.25, -0.2) is 4.98 Å². The molecule has 0 aliphatic carbocycles. The van der Waals surface area contributed by atoms with Gasteiger partial charge in [0.15, 0.2) is 5.82 Å². The summed E-state index contributed by atoms with van der Waals surface area (Å²) in [5, 5.41) is 0. The third kappa shape index (κ3) is 4.15. The lowest BCUT2D eigenvalue weighted by molar-refractivity contribution is -0.137. The summed E-state index contributed by atoms with van der Waals surface area (Å²) >= 11 is 0. The molecule has 0 aliphatic heterocycles. The SMILES string of the molecule is CCC(C)Oc1ncc(C(F)(F)F)c(N(C)c2ccc(C)cc2)n1. The molecule has 130 valence electrons. The third-order valence-electron chi connectivity index (χ3n) is 3.67. The monoisotopic (exact) mass is 339 g/mol. The Balaban J connectivity index is 2.46. The summed E-state index contributed by atoms with van der Waals surface area (Å²) in [6, 6.07) is 7.08. The van der Waals surface area contributed by atoms with Crippen LogP contribution in [-0.2, 0) is 6.18 Å². The van der Waals surface area contributed by atoms with E-state index in [0.717, 1.165) is 11.8 Å². The van der Waals surface area contributed by atoms with Crippen LogP contribution in [-0.4, -0.2) is 23.1 Å². The number of aryl methyl sites for hydroxylation is 1. The van der Waals surface area contributed by atoms with Crippen LogP contribution in [0.15, 0.2) is 30.5 Å². The molecule has 7 heteroatoms. The summed E-state index contributed by atoms with van der Waals surface area (Å²) in [4.78, 5) is 9.08. The van der Waals surface area contributed by atoms with E-state index < -0.39 is 11.7 Å². The lowest BCUT2D eigenvalue weighted by Crippen LogP contribution is -2.20. The first-order chi connectivity index (χ1) is 11.2. The molecule has 4 nitrogen and oxygen atoms in total. The van der Waals surface area contributed by atoms with Crippen LogP contribution < -0.4 is 9.64 Å². The van der Waals surface area contributed by atoms with Crippen LogP contribution in [0.5, 0.6) is 6.01 Å². The number of nitrogens with zero attached hydrogens (tertiary/aromatic N) is 3. The van der Waals surface area contributed by atoms with Gasteiger partial charge in [-0.15, -0.1) is 0 Å². The van der Waals surface area contributed by atoms with Crippen molar-refractivity contribution in [2.24, 2.45) is 0 Å². The molecule has 1 heterocycles. The molecule has 2 aromatic rings. The van der Waals surface area contributed by atoms with Gasteiger partial charge < -0.3 is 9.64 Å². The Kier molecular flexibility index (Phi) is 5.31. The van der Waals surface area contributed by atoms with Crippen LogP contribution in [0, 0.1) is 6.92 Å². The molecule has 0 saturated heterocycles. The number of alkyl halides is 3. The lowest BCUT2D eigenvalue weighted by Gasteiger charge is -2.23. The van der Waals surface area contributed by atoms with Crippen LogP contribution in [0.3, 0.4) is 0 Å². The quantitative estimate of drug-likeness (QED) is 0.788. The molecule has 0 aliphatic rings. The topological polar surface area (TPSA) is 38.2 Å². The maximum Gasteiger partial charge on any atom is 0.421 e. The van der Waals surface area contributed by atoms with Gasteiger partial charge in [0.05, 0.1) is 6.10 Å². The highest BCUT2D eigenvalue weighted by Gasteiger charge is 2.36. The number of halogens is 3. The van der Waals surface area contributed by atoms with Crippen molar-refractivity contribution >= 4 is 11.5 Å². The van der Waals surface area contributed by atoms with E-state index in [9.17, 15) is 13.2 Å². The number of hydrogen-bond acceptors (Lipinski definition) is 4. The highest BCUT2D eigenvalue weighted by Crippen LogP contribution is 2.37. The first-order valence-corrected chi connectivity index (χ1v) is 7.63. The Morgan fingerprint density at radius 3 is 2.38 bits per heavy atom. The van der Waals surface area contributed by atoms with E-state index >= 15 is 0 Å². The molecule has 0 bridgehead atoms. The average Bonchev–Trinajstić information content (AvgIpc) is 2.53. The molecule has 1 unspecified atom stereocenters. The van der Waals surface area contributed by atoms with Crippen molar-refractivity contribution in [1.29, 1.82) is 0 Å². The normalized spacial score (nSPS) is 12.8. The van der Waals surface area contributed by atoms with Crippen LogP contribution in [0.4, 0.5) is 24.7 Å². The van der Waals surface area contributed by atoms with Crippen molar-refractivity contribution in [2.45, 2.75) is 39.5 Å². The first kappa shape index (κ1) is 18.0. The Bertz CT molecular complexity index is 686. The van der Waals surface area contributed by atoms with Crippen LogP contribution in [0.1, 0.15) is 31.4 Å². The molecule has 1 aromatic carbocycles. The fraction of sp³-hybridized carbons (Fsp3) is 0.412. The van der Waals surface area contributed by atoms with E-state index in [1.54, 1.807) is 12.1 Å². The molecule has 1 aromatic heterocycles. The largest absolute Gasteiger partial charge is 0.460 e. The van der Waals surface area contributed by atoms with Crippen LogP contribution in [0.2, 0.25) is 0 Å². The van der Waals surface area contributed by atoms with E-state index in [-0.39, 0.29) is 17.9 Å². The number of aromatic nitrogens is 2. The molecular formula is C17H20F3N3O. The summed E-state index contributed by atoms with van der Waals surface area (Å²) in [5.74, 6) is -0.236. The van der Waals surface area contributed by atoms with Crippen LogP contribution >= 0.6 is 0 Å². The second-order valence-electron chi connectivity index (χ2n) is 5.62. The Morgan fingerprint density at radius 1 is 1.21 bits per heavy atom. The maximum absolute atomic E-state index is 13.3. The van der Waals surface area contributed by atoms with Crippen LogP contribution in [0.25, 0.3) is 0 Å². The summed E-state index contributed by atoms with van der Waals surface area (Å²) in [6.45, 7) is 5.63. The Hall–Kier alpha value is -2.31. The van der Waals surface area contributed by atoms with Crippen molar-refractivity contribution in [2.75, 3.05) is 11.9 Å². The molecule has 0 amide bonds. The molecule has 1 atom stereocenters. The van der Waals surface area contributed by atoms with Gasteiger partial charge in [-0.2, -0.15) is 18.2 Å². The summed E-state index contributed by atoms with van der Waals surface area (Å²) in [6.07, 6.45) is -3.26. The van der Waals surface area contributed by atoms with E-state index in [2.05, 4.69) is 9.97 Å². The van der Waals surface area contributed by atoms with Gasteiger partial charge in [0, 0.05) is 18.9 Å². The predicted octanol–water partition coefficient (Wildman–Crippen LogP) is 4.75. The van der Waals surface area contributed by atoms with E-state index in [0.29, 0.717) is 12.1 Å². The summed E-state index contributed by atoms with van der Waals surface area (Å²) < 4.78 is 45.4. The van der Waals surface area contributed by atoms with Crippen molar-refractivity contribution in [1.82, 2.24) is 9.97 Å². The Labute approximate surface area is 139 Å². The molecule has 2 rings (SSSR count). The molecule has 0 radical (unpaired) electrons. The van der Waals surface area contributed by atoms with Gasteiger partial charge in [-0.1, -0.05) is 24.6 Å². The zero-order valence-electron chi connectivity index (χ0n) is 14.1. The van der Waals surface area contributed by atoms with Gasteiger partial charge in [-0.05, 0) is 32.4 Å². The maximum atomic E-state index is 13.3. The van der Waals surface area contributed by atoms with E-state index in [1.807, 2.05) is 32.9 Å². The number of rotatable bonds is 5. The molecule has 0 N–H and O–H groups in total. The predicted molar refractivity (Wildman–Crippen MR) is 86.7 cm³/mol. The third-order valence-corrected chi connectivity index (χ3v) is 3.67. The zero-order chi connectivity index (χ0) is 17.9. The first-order valence-electron chi connectivity index (χ1n) is 7.63. The zero-order valence-corrected chi connectivity index (χ0v) is 14.1. The fourth-order valence-corrected chi connectivity index (χ4v) is 2.02. The number of anilines is 2. The van der Waals surface area contributed by atoms with E-state index in [4.69, 9.17) is 4.74 Å². The average molecular weight is 339 g/mol. The second-order valence-corrected chi connectivity index (χ2v) is 5.62. The van der Waals surface area contributed by atoms with Gasteiger partial charge in [-0.3, -0.25) is 0 Å². The summed E-state index contributed by atoms with van der Waals surface area (Å²) in [7, 11) is 1.54. The second kappa shape index (κ2) is 7.07. The van der Waals surface area contributed by atoms with Gasteiger partial charge in [0.2, 0.25) is 0 Å². The summed E-state index contributed by atoms with van der Waals surface area (Å²) in [5.41, 5.74) is 0.716. The highest BCUT2D eigenvalue weighted by molar-refractivity contribution is 5.63. The van der Waals surface area contributed by atoms with Crippen molar-refractivity contribution in [3.63, 3.8) is 0 Å². The minimum atomic E-state index is -4.55. The van der Waals surface area contributed by atoms with Gasteiger partial charge >= 0.3 is 12.2 Å². The van der Waals surface area contributed by atoms with Crippen molar-refractivity contribution in [3.05, 3.63) is 41.6 Å². The standard InChI is InChI=1S/C17H20F3N3O/c1-5-12(3)24-16-21-10-14(17(18,19)20)15(22-16)23(4)13-8-6-11(2)7-9-13/h6-10,12H,5H2,1-4H3. The molecule has 24 heavy (non-hydrogen) atoms.